The first kappa shape index (κ1) is 20.4. The van der Waals surface area contributed by atoms with Crippen LogP contribution >= 0.6 is 0 Å². The Hall–Kier alpha value is -2.90. The highest BCUT2D eigenvalue weighted by atomic mass is 16.5. The zero-order valence-corrected chi connectivity index (χ0v) is 17.3. The van der Waals surface area contributed by atoms with E-state index in [4.69, 9.17) is 4.74 Å². The summed E-state index contributed by atoms with van der Waals surface area (Å²) in [6.07, 6.45) is 0. The summed E-state index contributed by atoms with van der Waals surface area (Å²) in [6.45, 7) is 7.15. The average molecular weight is 409 g/mol. The van der Waals surface area contributed by atoms with Gasteiger partial charge in [0.25, 0.3) is 5.91 Å². The first-order valence-corrected chi connectivity index (χ1v) is 10.4. The standard InChI is InChI=1S/C23H28N4O3/c1-17-5-7-18(8-6-17)21(16-26-11-13-30-14-12-26)25-22(28)19-3-2-4-20(15-19)27-10-9-24-23(27)29/h2-8,15,21H,9-14,16H2,1H3,(H,24,29)(H,25,28)/t21-/m0/s1. The highest BCUT2D eigenvalue weighted by Gasteiger charge is 2.24. The minimum Gasteiger partial charge on any atom is -0.379 e. The van der Waals surface area contributed by atoms with Crippen LogP contribution in [-0.2, 0) is 4.74 Å². The molecule has 4 rings (SSSR count). The van der Waals surface area contributed by atoms with Crippen LogP contribution in [0.3, 0.4) is 0 Å². The first-order valence-electron chi connectivity index (χ1n) is 10.4. The Morgan fingerprint density at radius 3 is 2.60 bits per heavy atom. The van der Waals surface area contributed by atoms with Crippen molar-refractivity contribution in [1.82, 2.24) is 15.5 Å². The van der Waals surface area contributed by atoms with Gasteiger partial charge in [-0.3, -0.25) is 14.6 Å². The van der Waals surface area contributed by atoms with Crippen LogP contribution in [0.2, 0.25) is 0 Å². The van der Waals surface area contributed by atoms with Gasteiger partial charge in [-0.25, -0.2) is 4.79 Å². The van der Waals surface area contributed by atoms with Crippen LogP contribution in [0.4, 0.5) is 10.5 Å². The maximum absolute atomic E-state index is 13.1. The Bertz CT molecular complexity index is 894. The van der Waals surface area contributed by atoms with Crippen molar-refractivity contribution in [3.8, 4) is 0 Å². The fourth-order valence-electron chi connectivity index (χ4n) is 3.85. The highest BCUT2D eigenvalue weighted by molar-refractivity contribution is 5.98. The molecule has 0 bridgehead atoms. The third-order valence-corrected chi connectivity index (χ3v) is 5.61. The molecule has 3 amide bonds. The highest BCUT2D eigenvalue weighted by Crippen LogP contribution is 2.21. The van der Waals surface area contributed by atoms with Gasteiger partial charge < -0.3 is 15.4 Å². The van der Waals surface area contributed by atoms with Gasteiger partial charge in [-0.05, 0) is 30.7 Å². The number of anilines is 1. The number of urea groups is 1. The molecule has 7 heteroatoms. The lowest BCUT2D eigenvalue weighted by atomic mass is 10.0. The van der Waals surface area contributed by atoms with Crippen LogP contribution in [0.1, 0.15) is 27.5 Å². The van der Waals surface area contributed by atoms with Gasteiger partial charge in [0.05, 0.1) is 19.3 Å². The average Bonchev–Trinajstić information content (AvgIpc) is 3.20. The molecule has 0 saturated carbocycles. The number of hydrogen-bond acceptors (Lipinski definition) is 4. The van der Waals surface area contributed by atoms with Gasteiger partial charge in [-0.2, -0.15) is 0 Å². The van der Waals surface area contributed by atoms with Crippen LogP contribution in [0, 0.1) is 6.92 Å². The quantitative estimate of drug-likeness (QED) is 0.770. The third-order valence-electron chi connectivity index (χ3n) is 5.61. The molecule has 2 aliphatic rings. The zero-order valence-electron chi connectivity index (χ0n) is 17.3. The molecule has 1 atom stereocenters. The van der Waals surface area contributed by atoms with Gasteiger partial charge in [0, 0.05) is 44.0 Å². The van der Waals surface area contributed by atoms with E-state index in [1.54, 1.807) is 17.0 Å². The van der Waals surface area contributed by atoms with Crippen molar-refractivity contribution in [3.05, 3.63) is 65.2 Å². The van der Waals surface area contributed by atoms with E-state index in [9.17, 15) is 9.59 Å². The molecule has 30 heavy (non-hydrogen) atoms. The normalized spacial score (nSPS) is 18.2. The van der Waals surface area contributed by atoms with Gasteiger partial charge in [0.2, 0.25) is 0 Å². The molecule has 158 valence electrons. The van der Waals surface area contributed by atoms with E-state index in [0.29, 0.717) is 31.9 Å². The van der Waals surface area contributed by atoms with E-state index in [0.717, 1.165) is 30.9 Å². The number of rotatable bonds is 6. The summed E-state index contributed by atoms with van der Waals surface area (Å²) in [5, 5.41) is 6.00. The number of aryl methyl sites for hydroxylation is 1. The van der Waals surface area contributed by atoms with E-state index in [1.165, 1.54) is 5.56 Å². The second kappa shape index (κ2) is 9.28. The summed E-state index contributed by atoms with van der Waals surface area (Å²) < 4.78 is 5.46. The van der Waals surface area contributed by atoms with E-state index < -0.39 is 0 Å². The number of carbonyl (C=O) groups excluding carboxylic acids is 2. The molecule has 0 radical (unpaired) electrons. The van der Waals surface area contributed by atoms with Crippen LogP contribution in [-0.4, -0.2) is 62.8 Å². The maximum atomic E-state index is 13.1. The minimum atomic E-state index is -0.143. The van der Waals surface area contributed by atoms with Crippen molar-refractivity contribution >= 4 is 17.6 Å². The fourth-order valence-corrected chi connectivity index (χ4v) is 3.85. The Morgan fingerprint density at radius 1 is 1.13 bits per heavy atom. The molecule has 0 aromatic heterocycles. The van der Waals surface area contributed by atoms with Crippen molar-refractivity contribution in [2.45, 2.75) is 13.0 Å². The monoisotopic (exact) mass is 408 g/mol. The molecule has 2 N–H and O–H groups in total. The zero-order chi connectivity index (χ0) is 20.9. The van der Waals surface area contributed by atoms with Crippen molar-refractivity contribution in [2.24, 2.45) is 0 Å². The second-order valence-corrected chi connectivity index (χ2v) is 7.78. The lowest BCUT2D eigenvalue weighted by molar-refractivity contribution is 0.0332. The molecule has 2 aliphatic heterocycles. The minimum absolute atomic E-state index is 0.127. The van der Waals surface area contributed by atoms with E-state index in [1.807, 2.05) is 12.1 Å². The summed E-state index contributed by atoms with van der Waals surface area (Å²) in [7, 11) is 0. The number of nitrogens with zero attached hydrogens (tertiary/aromatic N) is 2. The van der Waals surface area contributed by atoms with Crippen LogP contribution in [0.15, 0.2) is 48.5 Å². The Labute approximate surface area is 177 Å². The molecule has 7 nitrogen and oxygen atoms in total. The molecule has 0 spiro atoms. The molecular formula is C23H28N4O3. The number of ether oxygens (including phenoxy) is 1. The summed E-state index contributed by atoms with van der Waals surface area (Å²) in [4.78, 5) is 29.1. The lowest BCUT2D eigenvalue weighted by Gasteiger charge is -2.31. The molecule has 0 unspecified atom stereocenters. The first-order chi connectivity index (χ1) is 14.6. The van der Waals surface area contributed by atoms with Crippen molar-refractivity contribution in [1.29, 1.82) is 0 Å². The van der Waals surface area contributed by atoms with Gasteiger partial charge >= 0.3 is 6.03 Å². The summed E-state index contributed by atoms with van der Waals surface area (Å²) in [5.74, 6) is -0.143. The number of morpholine rings is 1. The van der Waals surface area contributed by atoms with Gasteiger partial charge in [0.15, 0.2) is 0 Å². The molecule has 2 fully saturated rings. The van der Waals surface area contributed by atoms with E-state index in [-0.39, 0.29) is 18.0 Å². The third kappa shape index (κ3) is 4.80. The molecule has 2 aromatic carbocycles. The van der Waals surface area contributed by atoms with E-state index >= 15 is 0 Å². The Kier molecular flexibility index (Phi) is 6.30. The summed E-state index contributed by atoms with van der Waals surface area (Å²) in [5.41, 5.74) is 3.55. The van der Waals surface area contributed by atoms with Gasteiger partial charge in [-0.1, -0.05) is 35.9 Å². The molecule has 2 aromatic rings. The SMILES string of the molecule is Cc1ccc([C@H](CN2CCOCC2)NC(=O)c2cccc(N3CCNC3=O)c2)cc1. The number of nitrogens with one attached hydrogen (secondary N) is 2. The molecule has 2 heterocycles. The fraction of sp³-hybridized carbons (Fsp3) is 0.391. The van der Waals surface area contributed by atoms with E-state index in [2.05, 4.69) is 46.7 Å². The molecule has 0 aliphatic carbocycles. The number of benzene rings is 2. The van der Waals surface area contributed by atoms with Crippen molar-refractivity contribution in [3.63, 3.8) is 0 Å². The molecular weight excluding hydrogens is 380 g/mol. The predicted molar refractivity (Wildman–Crippen MR) is 116 cm³/mol. The summed E-state index contributed by atoms with van der Waals surface area (Å²) in [6, 6.07) is 15.3. The smallest absolute Gasteiger partial charge is 0.321 e. The second-order valence-electron chi connectivity index (χ2n) is 7.78. The van der Waals surface area contributed by atoms with Crippen LogP contribution in [0.25, 0.3) is 0 Å². The Morgan fingerprint density at radius 2 is 1.90 bits per heavy atom. The van der Waals surface area contributed by atoms with Gasteiger partial charge in [-0.15, -0.1) is 0 Å². The number of carbonyl (C=O) groups is 2. The molecule has 2 saturated heterocycles. The Balaban J connectivity index is 1.52. The van der Waals surface area contributed by atoms with Crippen molar-refractivity contribution in [2.75, 3.05) is 50.8 Å². The maximum Gasteiger partial charge on any atom is 0.321 e. The number of hydrogen-bond donors (Lipinski definition) is 2. The lowest BCUT2D eigenvalue weighted by Crippen LogP contribution is -2.43. The topological polar surface area (TPSA) is 73.9 Å². The predicted octanol–water partition coefficient (Wildman–Crippen LogP) is 2.33. The largest absolute Gasteiger partial charge is 0.379 e. The van der Waals surface area contributed by atoms with Crippen LogP contribution < -0.4 is 15.5 Å². The number of amides is 3. The van der Waals surface area contributed by atoms with Gasteiger partial charge in [0.1, 0.15) is 0 Å². The van der Waals surface area contributed by atoms with Crippen molar-refractivity contribution < 1.29 is 14.3 Å². The summed E-state index contributed by atoms with van der Waals surface area (Å²) >= 11 is 0. The van der Waals surface area contributed by atoms with Crippen LogP contribution in [0.5, 0.6) is 0 Å².